The SMILES string of the molecule is CCCCCCCCCCCCCCCCCCCC/C=C/CCCC(=O)OC[C@@H](O)CO. The van der Waals surface area contributed by atoms with Gasteiger partial charge in [-0.05, 0) is 25.7 Å². The van der Waals surface area contributed by atoms with Crippen molar-refractivity contribution in [2.24, 2.45) is 0 Å². The molecule has 4 nitrogen and oxygen atoms in total. The van der Waals surface area contributed by atoms with E-state index in [1.54, 1.807) is 0 Å². The molecule has 0 aromatic carbocycles. The third kappa shape index (κ3) is 27.3. The topological polar surface area (TPSA) is 66.8 Å². The summed E-state index contributed by atoms with van der Waals surface area (Å²) in [5.41, 5.74) is 0. The number of esters is 1. The van der Waals surface area contributed by atoms with Gasteiger partial charge in [-0.3, -0.25) is 4.79 Å². The first-order chi connectivity index (χ1) is 16.2. The Labute approximate surface area is 205 Å². The maximum Gasteiger partial charge on any atom is 0.305 e. The van der Waals surface area contributed by atoms with Crippen molar-refractivity contribution in [3.05, 3.63) is 12.2 Å². The Hall–Kier alpha value is -0.870. The smallest absolute Gasteiger partial charge is 0.305 e. The molecule has 33 heavy (non-hydrogen) atoms. The molecule has 196 valence electrons. The van der Waals surface area contributed by atoms with Crippen LogP contribution in [0.3, 0.4) is 0 Å². The first-order valence-corrected chi connectivity index (χ1v) is 14.3. The van der Waals surface area contributed by atoms with Crippen LogP contribution in [0.1, 0.15) is 148 Å². The Balaban J connectivity index is 3.17. The summed E-state index contributed by atoms with van der Waals surface area (Å²) in [4.78, 5) is 11.4. The van der Waals surface area contributed by atoms with Gasteiger partial charge >= 0.3 is 5.97 Å². The Kier molecular flexibility index (Phi) is 26.7. The third-order valence-electron chi connectivity index (χ3n) is 6.29. The van der Waals surface area contributed by atoms with Gasteiger partial charge in [-0.2, -0.15) is 0 Å². The maximum atomic E-state index is 11.4. The van der Waals surface area contributed by atoms with Crippen LogP contribution in [0.25, 0.3) is 0 Å². The van der Waals surface area contributed by atoms with Gasteiger partial charge in [-0.1, -0.05) is 128 Å². The number of rotatable bonds is 26. The lowest BCUT2D eigenvalue weighted by Crippen LogP contribution is -2.21. The van der Waals surface area contributed by atoms with Gasteiger partial charge in [0.15, 0.2) is 0 Å². The van der Waals surface area contributed by atoms with Crippen molar-refractivity contribution in [3.63, 3.8) is 0 Å². The molecule has 0 aliphatic rings. The minimum absolute atomic E-state index is 0.121. The van der Waals surface area contributed by atoms with Crippen LogP contribution >= 0.6 is 0 Å². The van der Waals surface area contributed by atoms with Crippen molar-refractivity contribution >= 4 is 5.97 Å². The van der Waals surface area contributed by atoms with E-state index < -0.39 is 6.10 Å². The van der Waals surface area contributed by atoms with E-state index in [4.69, 9.17) is 14.9 Å². The number of unbranched alkanes of at least 4 members (excludes halogenated alkanes) is 19. The zero-order valence-electron chi connectivity index (χ0n) is 21.9. The van der Waals surface area contributed by atoms with Crippen LogP contribution in [0.5, 0.6) is 0 Å². The lowest BCUT2D eigenvalue weighted by molar-refractivity contribution is -0.147. The molecule has 4 heteroatoms. The monoisotopic (exact) mass is 468 g/mol. The summed E-state index contributed by atoms with van der Waals surface area (Å²) in [6.07, 6.45) is 31.9. The molecule has 0 rings (SSSR count). The molecule has 0 saturated heterocycles. The highest BCUT2D eigenvalue weighted by atomic mass is 16.5. The molecule has 0 heterocycles. The van der Waals surface area contributed by atoms with Crippen molar-refractivity contribution in [2.75, 3.05) is 13.2 Å². The van der Waals surface area contributed by atoms with Crippen LogP contribution in [0.2, 0.25) is 0 Å². The van der Waals surface area contributed by atoms with E-state index in [1.807, 2.05) is 0 Å². The number of aliphatic hydroxyl groups excluding tert-OH is 2. The number of aliphatic hydroxyl groups is 2. The highest BCUT2D eigenvalue weighted by molar-refractivity contribution is 5.69. The zero-order valence-corrected chi connectivity index (χ0v) is 21.9. The van der Waals surface area contributed by atoms with E-state index in [0.717, 1.165) is 19.3 Å². The predicted octanol–water partition coefficient (Wildman–Crippen LogP) is 8.04. The van der Waals surface area contributed by atoms with Crippen LogP contribution in [0, 0.1) is 0 Å². The molecule has 0 unspecified atom stereocenters. The van der Waals surface area contributed by atoms with Gasteiger partial charge in [0, 0.05) is 6.42 Å². The fourth-order valence-corrected chi connectivity index (χ4v) is 4.08. The summed E-state index contributed by atoms with van der Waals surface area (Å²) >= 11 is 0. The number of hydrogen-bond donors (Lipinski definition) is 2. The van der Waals surface area contributed by atoms with Gasteiger partial charge in [0.05, 0.1) is 6.61 Å². The quantitative estimate of drug-likeness (QED) is 0.0765. The third-order valence-corrected chi connectivity index (χ3v) is 6.29. The van der Waals surface area contributed by atoms with E-state index >= 15 is 0 Å². The van der Waals surface area contributed by atoms with Gasteiger partial charge in [0.1, 0.15) is 12.7 Å². The first kappa shape index (κ1) is 32.1. The highest BCUT2D eigenvalue weighted by Crippen LogP contribution is 2.14. The lowest BCUT2D eigenvalue weighted by Gasteiger charge is -2.07. The zero-order chi connectivity index (χ0) is 24.2. The summed E-state index contributed by atoms with van der Waals surface area (Å²) in [5.74, 6) is -0.306. The Morgan fingerprint density at radius 3 is 1.48 bits per heavy atom. The summed E-state index contributed by atoms with van der Waals surface area (Å²) in [6.45, 7) is 1.79. The molecule has 0 aromatic heterocycles. The molecular formula is C29H56O4. The second-order valence-electron chi connectivity index (χ2n) is 9.68. The second-order valence-corrected chi connectivity index (χ2v) is 9.68. The average molecular weight is 469 g/mol. The normalized spacial score (nSPS) is 12.5. The van der Waals surface area contributed by atoms with Gasteiger partial charge < -0.3 is 14.9 Å². The van der Waals surface area contributed by atoms with Crippen LogP contribution in [-0.4, -0.2) is 35.5 Å². The van der Waals surface area contributed by atoms with Crippen LogP contribution in [0.4, 0.5) is 0 Å². The average Bonchev–Trinajstić information content (AvgIpc) is 2.82. The molecule has 1 atom stereocenters. The standard InChI is InChI=1S/C29H56O4/c1-2-3-4-5-6-7-8-9-10-11-12-13-14-15-16-17-18-19-20-21-22-23-24-25-29(32)33-27-28(31)26-30/h21-22,28,30-31H,2-20,23-27H2,1H3/b22-21+/t28-/m0/s1. The van der Waals surface area contributed by atoms with Gasteiger partial charge in [-0.25, -0.2) is 0 Å². The summed E-state index contributed by atoms with van der Waals surface area (Å²) < 4.78 is 4.87. The van der Waals surface area contributed by atoms with E-state index in [2.05, 4.69) is 19.1 Å². The predicted molar refractivity (Wildman–Crippen MR) is 140 cm³/mol. The summed E-state index contributed by atoms with van der Waals surface area (Å²) in [6, 6.07) is 0. The Morgan fingerprint density at radius 2 is 1.06 bits per heavy atom. The minimum Gasteiger partial charge on any atom is -0.463 e. The molecule has 0 radical (unpaired) electrons. The van der Waals surface area contributed by atoms with Crippen molar-refractivity contribution in [1.82, 2.24) is 0 Å². The Morgan fingerprint density at radius 1 is 0.667 bits per heavy atom. The van der Waals surface area contributed by atoms with E-state index in [9.17, 15) is 4.79 Å². The lowest BCUT2D eigenvalue weighted by atomic mass is 10.0. The molecule has 0 saturated carbocycles. The number of carbonyl (C=O) groups is 1. The largest absolute Gasteiger partial charge is 0.463 e. The molecule has 2 N–H and O–H groups in total. The number of ether oxygens (including phenoxy) is 1. The van der Waals surface area contributed by atoms with Crippen molar-refractivity contribution in [1.29, 1.82) is 0 Å². The second kappa shape index (κ2) is 27.4. The van der Waals surface area contributed by atoms with Crippen LogP contribution < -0.4 is 0 Å². The molecule has 0 bridgehead atoms. The van der Waals surface area contributed by atoms with Gasteiger partial charge in [0.2, 0.25) is 0 Å². The van der Waals surface area contributed by atoms with Crippen molar-refractivity contribution in [2.45, 2.75) is 154 Å². The van der Waals surface area contributed by atoms with Gasteiger partial charge in [-0.15, -0.1) is 0 Å². The fourth-order valence-electron chi connectivity index (χ4n) is 4.08. The first-order valence-electron chi connectivity index (χ1n) is 14.3. The van der Waals surface area contributed by atoms with Crippen LogP contribution in [0.15, 0.2) is 12.2 Å². The number of carbonyl (C=O) groups excluding carboxylic acids is 1. The number of hydrogen-bond acceptors (Lipinski definition) is 4. The highest BCUT2D eigenvalue weighted by Gasteiger charge is 2.06. The van der Waals surface area contributed by atoms with Crippen molar-refractivity contribution in [3.8, 4) is 0 Å². The summed E-state index contributed by atoms with van der Waals surface area (Å²) in [5, 5.41) is 17.8. The van der Waals surface area contributed by atoms with Crippen molar-refractivity contribution < 1.29 is 19.7 Å². The molecule has 0 aliphatic carbocycles. The summed E-state index contributed by atoms with van der Waals surface area (Å²) in [7, 11) is 0. The molecular weight excluding hydrogens is 412 g/mol. The fraction of sp³-hybridized carbons (Fsp3) is 0.897. The molecule has 0 amide bonds. The van der Waals surface area contributed by atoms with Gasteiger partial charge in [0.25, 0.3) is 0 Å². The minimum atomic E-state index is -0.969. The Bertz CT molecular complexity index is 422. The van der Waals surface area contributed by atoms with E-state index in [0.29, 0.717) is 6.42 Å². The molecule has 0 aromatic rings. The van der Waals surface area contributed by atoms with E-state index in [1.165, 1.54) is 116 Å². The number of allylic oxidation sites excluding steroid dienone is 2. The maximum absolute atomic E-state index is 11.4. The molecule has 0 aliphatic heterocycles. The molecule has 0 spiro atoms. The van der Waals surface area contributed by atoms with E-state index in [-0.39, 0.29) is 19.2 Å². The van der Waals surface area contributed by atoms with Crippen LogP contribution in [-0.2, 0) is 9.53 Å². The molecule has 0 fully saturated rings.